The van der Waals surface area contributed by atoms with Gasteiger partial charge in [0.15, 0.2) is 11.4 Å². The summed E-state index contributed by atoms with van der Waals surface area (Å²) in [6.07, 6.45) is 1.66. The van der Waals surface area contributed by atoms with Crippen LogP contribution in [0.25, 0.3) is 11.1 Å². The Labute approximate surface area is 124 Å². The maximum atomic E-state index is 8.90. The van der Waals surface area contributed by atoms with E-state index in [1.807, 2.05) is 31.2 Å². The minimum absolute atomic E-state index is 0.0132. The summed E-state index contributed by atoms with van der Waals surface area (Å²) in [5.41, 5.74) is 8.64. The van der Waals surface area contributed by atoms with Gasteiger partial charge in [-0.05, 0) is 42.4 Å². The first-order chi connectivity index (χ1) is 10.2. The summed E-state index contributed by atoms with van der Waals surface area (Å²) in [4.78, 5) is 8.64. The Bertz CT molecular complexity index is 796. The van der Waals surface area contributed by atoms with Crippen molar-refractivity contribution < 1.29 is 9.62 Å². The molecule has 0 saturated heterocycles. The van der Waals surface area contributed by atoms with Crippen LogP contribution in [0.2, 0.25) is 0 Å². The molecule has 3 N–H and O–H groups in total. The van der Waals surface area contributed by atoms with E-state index in [0.29, 0.717) is 21.4 Å². The Morgan fingerprint density at radius 1 is 1.33 bits per heavy atom. The van der Waals surface area contributed by atoms with Crippen LogP contribution in [-0.2, 0) is 0 Å². The number of nitrogens with zero attached hydrogens (tertiary/aromatic N) is 3. The van der Waals surface area contributed by atoms with Gasteiger partial charge in [0.05, 0.1) is 5.56 Å². The lowest BCUT2D eigenvalue weighted by Crippen LogP contribution is -2.16. The molecule has 0 aliphatic rings. The Morgan fingerprint density at radius 2 is 2.14 bits per heavy atom. The van der Waals surface area contributed by atoms with Crippen molar-refractivity contribution in [3.8, 4) is 0 Å². The topological polar surface area (TPSA) is 97.5 Å². The molecule has 0 bridgehead atoms. The van der Waals surface area contributed by atoms with E-state index < -0.39 is 0 Å². The second-order valence-electron chi connectivity index (χ2n) is 4.34. The smallest absolute Gasteiger partial charge is 0.263 e. The predicted molar refractivity (Wildman–Crippen MR) is 79.6 cm³/mol. The van der Waals surface area contributed by atoms with Crippen LogP contribution in [0, 0.1) is 6.92 Å². The number of aromatic nitrogens is 2. The fraction of sp³-hybridized carbons (Fsp3) is 0.0714. The number of pyridine rings is 1. The predicted octanol–water partition coefficient (Wildman–Crippen LogP) is 2.78. The number of benzene rings is 1. The first-order valence-electron chi connectivity index (χ1n) is 6.16. The van der Waals surface area contributed by atoms with Gasteiger partial charge in [0.25, 0.3) is 5.22 Å². The number of oxazole rings is 1. The van der Waals surface area contributed by atoms with E-state index in [0.717, 1.165) is 11.1 Å². The molecule has 2 heterocycles. The molecule has 0 amide bonds. The number of fused-ring (bicyclic) bond motifs is 1. The first kappa shape index (κ1) is 13.4. The molecule has 0 fully saturated rings. The molecule has 0 aliphatic heterocycles. The molecule has 0 atom stereocenters. The number of oxime groups is 1. The van der Waals surface area contributed by atoms with Gasteiger partial charge in [-0.2, -0.15) is 0 Å². The molecule has 21 heavy (non-hydrogen) atoms. The summed E-state index contributed by atoms with van der Waals surface area (Å²) in [7, 11) is 0. The van der Waals surface area contributed by atoms with Crippen molar-refractivity contribution in [3.63, 3.8) is 0 Å². The summed E-state index contributed by atoms with van der Waals surface area (Å²) >= 11 is 1.24. The molecule has 6 nitrogen and oxygen atoms in total. The van der Waals surface area contributed by atoms with E-state index in [4.69, 9.17) is 15.4 Å². The van der Waals surface area contributed by atoms with Crippen molar-refractivity contribution in [2.75, 3.05) is 0 Å². The van der Waals surface area contributed by atoms with Crippen LogP contribution in [-0.4, -0.2) is 21.0 Å². The number of hydrogen-bond acceptors (Lipinski definition) is 6. The van der Waals surface area contributed by atoms with E-state index in [-0.39, 0.29) is 5.84 Å². The first-order valence-corrected chi connectivity index (χ1v) is 6.97. The second kappa shape index (κ2) is 5.45. The Balaban J connectivity index is 2.03. The molecule has 0 saturated carbocycles. The van der Waals surface area contributed by atoms with Crippen LogP contribution in [0.1, 0.15) is 11.1 Å². The van der Waals surface area contributed by atoms with Gasteiger partial charge in [0.2, 0.25) is 0 Å². The zero-order valence-corrected chi connectivity index (χ0v) is 12.0. The van der Waals surface area contributed by atoms with Gasteiger partial charge in [-0.15, -0.1) is 0 Å². The van der Waals surface area contributed by atoms with E-state index in [1.54, 1.807) is 12.3 Å². The molecule has 2 aromatic heterocycles. The van der Waals surface area contributed by atoms with Crippen LogP contribution in [0.3, 0.4) is 0 Å². The van der Waals surface area contributed by atoms with Gasteiger partial charge in [-0.1, -0.05) is 17.3 Å². The summed E-state index contributed by atoms with van der Waals surface area (Å²) in [6.45, 7) is 1.87. The molecule has 3 aromatic rings. The van der Waals surface area contributed by atoms with Gasteiger partial charge in [-0.3, -0.25) is 0 Å². The quantitative estimate of drug-likeness (QED) is 0.334. The SMILES string of the molecule is Cc1ccnc(Sc2nc3ccccc3o2)c1/C(N)=N/O. The van der Waals surface area contributed by atoms with Gasteiger partial charge < -0.3 is 15.4 Å². The molecule has 0 aliphatic carbocycles. The van der Waals surface area contributed by atoms with Gasteiger partial charge in [0, 0.05) is 6.20 Å². The van der Waals surface area contributed by atoms with Gasteiger partial charge >= 0.3 is 0 Å². The standard InChI is InChI=1S/C14H12N4O2S/c1-8-6-7-16-13(11(8)12(15)18-19)21-14-17-9-4-2-3-5-10(9)20-14/h2-7,19H,1H3,(H2,15,18). The number of rotatable bonds is 3. The lowest BCUT2D eigenvalue weighted by atomic mass is 10.1. The highest BCUT2D eigenvalue weighted by Gasteiger charge is 2.16. The molecule has 0 radical (unpaired) electrons. The number of hydrogen-bond donors (Lipinski definition) is 2. The van der Waals surface area contributed by atoms with Gasteiger partial charge in [-0.25, -0.2) is 9.97 Å². The minimum atomic E-state index is 0.0132. The van der Waals surface area contributed by atoms with Crippen LogP contribution < -0.4 is 5.73 Å². The summed E-state index contributed by atoms with van der Waals surface area (Å²) in [5, 5.41) is 13.0. The zero-order chi connectivity index (χ0) is 14.8. The van der Waals surface area contributed by atoms with Crippen molar-refractivity contribution >= 4 is 28.7 Å². The fourth-order valence-electron chi connectivity index (χ4n) is 1.95. The lowest BCUT2D eigenvalue weighted by molar-refractivity contribution is 0.318. The fourth-order valence-corrected chi connectivity index (χ4v) is 2.87. The third-order valence-electron chi connectivity index (χ3n) is 2.95. The van der Waals surface area contributed by atoms with E-state index in [2.05, 4.69) is 15.1 Å². The van der Waals surface area contributed by atoms with Crippen LogP contribution >= 0.6 is 11.8 Å². The molecule has 106 valence electrons. The number of para-hydroxylation sites is 2. The van der Waals surface area contributed by atoms with Crippen LogP contribution in [0.15, 0.2) is 56.4 Å². The number of amidine groups is 1. The molecular formula is C14H12N4O2S. The summed E-state index contributed by atoms with van der Waals surface area (Å²) in [5.74, 6) is 0.0132. The second-order valence-corrected chi connectivity index (χ2v) is 5.28. The zero-order valence-electron chi connectivity index (χ0n) is 11.1. The molecule has 7 heteroatoms. The summed E-state index contributed by atoms with van der Waals surface area (Å²) in [6, 6.07) is 9.29. The number of nitrogens with two attached hydrogens (primary N) is 1. The normalized spacial score (nSPS) is 12.0. The Hall–Kier alpha value is -2.54. The highest BCUT2D eigenvalue weighted by Crippen LogP contribution is 2.31. The molecule has 0 unspecified atom stereocenters. The third-order valence-corrected chi connectivity index (χ3v) is 3.80. The molecule has 0 spiro atoms. The van der Waals surface area contributed by atoms with E-state index in [1.165, 1.54) is 11.8 Å². The van der Waals surface area contributed by atoms with Crippen molar-refractivity contribution in [1.29, 1.82) is 0 Å². The average Bonchev–Trinajstić information content (AvgIpc) is 2.89. The van der Waals surface area contributed by atoms with Crippen LogP contribution in [0.4, 0.5) is 0 Å². The molecular weight excluding hydrogens is 288 g/mol. The highest BCUT2D eigenvalue weighted by atomic mass is 32.2. The minimum Gasteiger partial charge on any atom is -0.431 e. The van der Waals surface area contributed by atoms with Crippen molar-refractivity contribution in [2.45, 2.75) is 17.2 Å². The van der Waals surface area contributed by atoms with Crippen molar-refractivity contribution in [2.24, 2.45) is 10.9 Å². The molecule has 3 rings (SSSR count). The summed E-state index contributed by atoms with van der Waals surface area (Å²) < 4.78 is 5.65. The van der Waals surface area contributed by atoms with E-state index in [9.17, 15) is 0 Å². The van der Waals surface area contributed by atoms with Gasteiger partial charge in [0.1, 0.15) is 10.5 Å². The maximum Gasteiger partial charge on any atom is 0.263 e. The van der Waals surface area contributed by atoms with Crippen molar-refractivity contribution in [3.05, 3.63) is 47.7 Å². The van der Waals surface area contributed by atoms with E-state index >= 15 is 0 Å². The maximum absolute atomic E-state index is 8.90. The largest absolute Gasteiger partial charge is 0.431 e. The highest BCUT2D eigenvalue weighted by molar-refractivity contribution is 7.99. The number of aryl methyl sites for hydroxylation is 1. The van der Waals surface area contributed by atoms with Crippen molar-refractivity contribution in [1.82, 2.24) is 9.97 Å². The average molecular weight is 300 g/mol. The monoisotopic (exact) mass is 300 g/mol. The third kappa shape index (κ3) is 2.55. The molecule has 1 aromatic carbocycles. The van der Waals surface area contributed by atoms with Crippen LogP contribution in [0.5, 0.6) is 0 Å². The Morgan fingerprint density at radius 3 is 2.90 bits per heavy atom. The Kier molecular flexibility index (Phi) is 3.49. The lowest BCUT2D eigenvalue weighted by Gasteiger charge is -2.07.